The third-order valence-corrected chi connectivity index (χ3v) is 6.35. The molecule has 0 unspecified atom stereocenters. The Morgan fingerprint density at radius 1 is 1.08 bits per heavy atom. The molecule has 3 heterocycles. The summed E-state index contributed by atoms with van der Waals surface area (Å²) in [4.78, 5) is 25.4. The van der Waals surface area contributed by atoms with Crippen molar-refractivity contribution in [2.45, 2.75) is 19.8 Å². The molecule has 5 rings (SSSR count). The van der Waals surface area contributed by atoms with Gasteiger partial charge in [-0.05, 0) is 49.1 Å². The third-order valence-electron chi connectivity index (χ3n) is 5.30. The molecule has 1 amide bonds. The highest BCUT2D eigenvalue weighted by molar-refractivity contribution is 7.25. The molecule has 130 valence electrons. The number of para-hydroxylation sites is 2. The fraction of sp³-hybridized carbons (Fsp3) is 0.286. The minimum atomic E-state index is 0.131. The van der Waals surface area contributed by atoms with Crippen molar-refractivity contribution in [3.05, 3.63) is 48.0 Å². The molecule has 5 heteroatoms. The second-order valence-electron chi connectivity index (χ2n) is 7.15. The Kier molecular flexibility index (Phi) is 3.64. The van der Waals surface area contributed by atoms with Crippen LogP contribution in [0.5, 0.6) is 0 Å². The van der Waals surface area contributed by atoms with Crippen molar-refractivity contribution >= 4 is 48.7 Å². The number of amides is 1. The van der Waals surface area contributed by atoms with Gasteiger partial charge in [0.15, 0.2) is 0 Å². The van der Waals surface area contributed by atoms with Crippen LogP contribution in [0.15, 0.2) is 42.5 Å². The maximum atomic E-state index is 12.9. The molecule has 1 fully saturated rings. The van der Waals surface area contributed by atoms with Gasteiger partial charge in [-0.25, -0.2) is 9.97 Å². The van der Waals surface area contributed by atoms with Crippen molar-refractivity contribution in [3.63, 3.8) is 0 Å². The lowest BCUT2D eigenvalue weighted by molar-refractivity contribution is 0.0697. The van der Waals surface area contributed by atoms with Crippen LogP contribution in [0.4, 0.5) is 0 Å². The van der Waals surface area contributed by atoms with Gasteiger partial charge < -0.3 is 4.90 Å². The lowest BCUT2D eigenvalue weighted by Gasteiger charge is -2.30. The van der Waals surface area contributed by atoms with E-state index >= 15 is 0 Å². The summed E-state index contributed by atoms with van der Waals surface area (Å²) in [5, 5.41) is 1.03. The predicted octanol–water partition coefficient (Wildman–Crippen LogP) is 4.87. The van der Waals surface area contributed by atoms with Crippen LogP contribution in [-0.2, 0) is 0 Å². The zero-order valence-electron chi connectivity index (χ0n) is 14.6. The maximum absolute atomic E-state index is 12.9. The first-order valence-electron chi connectivity index (χ1n) is 9.07. The highest BCUT2D eigenvalue weighted by atomic mass is 32.1. The molecule has 0 aliphatic carbocycles. The molecule has 1 aliphatic rings. The van der Waals surface area contributed by atoms with Crippen LogP contribution in [0, 0.1) is 5.92 Å². The number of likely N-dealkylation sites (tertiary alicyclic amines) is 1. The Balaban J connectivity index is 1.60. The summed E-state index contributed by atoms with van der Waals surface area (Å²) >= 11 is 1.63. The topological polar surface area (TPSA) is 46.1 Å². The Morgan fingerprint density at radius 3 is 2.58 bits per heavy atom. The Labute approximate surface area is 155 Å². The summed E-state index contributed by atoms with van der Waals surface area (Å²) in [6, 6.07) is 13.9. The summed E-state index contributed by atoms with van der Waals surface area (Å²) in [5.74, 6) is 0.845. The number of hydrogen-bond acceptors (Lipinski definition) is 4. The number of rotatable bonds is 1. The predicted molar refractivity (Wildman–Crippen MR) is 107 cm³/mol. The Hall–Kier alpha value is -2.53. The van der Waals surface area contributed by atoms with Crippen LogP contribution in [0.2, 0.25) is 0 Å². The highest BCUT2D eigenvalue weighted by Crippen LogP contribution is 2.33. The first-order chi connectivity index (χ1) is 12.7. The van der Waals surface area contributed by atoms with Crippen LogP contribution in [0.25, 0.3) is 31.5 Å². The molecule has 0 saturated carbocycles. The second kappa shape index (κ2) is 6.02. The fourth-order valence-corrected chi connectivity index (χ4v) is 4.67. The van der Waals surface area contributed by atoms with Gasteiger partial charge in [0, 0.05) is 28.7 Å². The summed E-state index contributed by atoms with van der Waals surface area (Å²) in [7, 11) is 0. The van der Waals surface area contributed by atoms with Crippen LogP contribution >= 0.6 is 11.3 Å². The van der Waals surface area contributed by atoms with E-state index in [2.05, 4.69) is 6.92 Å². The maximum Gasteiger partial charge on any atom is 0.253 e. The number of carbonyl (C=O) groups excluding carboxylic acids is 1. The van der Waals surface area contributed by atoms with Crippen molar-refractivity contribution < 1.29 is 4.79 Å². The number of piperidine rings is 1. The van der Waals surface area contributed by atoms with E-state index < -0.39 is 0 Å². The molecule has 1 aliphatic heterocycles. The Morgan fingerprint density at radius 2 is 1.81 bits per heavy atom. The summed E-state index contributed by atoms with van der Waals surface area (Å²) in [5.41, 5.74) is 3.44. The molecule has 0 radical (unpaired) electrons. The second-order valence-corrected chi connectivity index (χ2v) is 8.18. The molecule has 2 aromatic carbocycles. The minimum Gasteiger partial charge on any atom is -0.339 e. The van der Waals surface area contributed by atoms with E-state index in [1.807, 2.05) is 47.4 Å². The van der Waals surface area contributed by atoms with Crippen LogP contribution in [-0.4, -0.2) is 33.9 Å². The molecule has 4 aromatic rings. The lowest BCUT2D eigenvalue weighted by atomic mass is 9.98. The van der Waals surface area contributed by atoms with Gasteiger partial charge >= 0.3 is 0 Å². The molecule has 1 saturated heterocycles. The van der Waals surface area contributed by atoms with Crippen LogP contribution in [0.1, 0.15) is 30.1 Å². The number of benzene rings is 2. The van der Waals surface area contributed by atoms with Crippen molar-refractivity contribution in [2.24, 2.45) is 5.92 Å². The summed E-state index contributed by atoms with van der Waals surface area (Å²) in [6.07, 6.45) is 2.18. The highest BCUT2D eigenvalue weighted by Gasteiger charge is 2.22. The molecule has 0 N–H and O–H groups in total. The molecular weight excluding hydrogens is 342 g/mol. The molecular formula is C21H19N3OS. The largest absolute Gasteiger partial charge is 0.339 e. The number of thiophene rings is 1. The van der Waals surface area contributed by atoms with E-state index in [1.165, 1.54) is 0 Å². The average molecular weight is 361 g/mol. The zero-order valence-corrected chi connectivity index (χ0v) is 15.4. The van der Waals surface area contributed by atoms with Crippen molar-refractivity contribution in [1.82, 2.24) is 14.9 Å². The fourth-order valence-electron chi connectivity index (χ4n) is 3.67. The zero-order chi connectivity index (χ0) is 17.7. The number of aromatic nitrogens is 2. The van der Waals surface area contributed by atoms with Gasteiger partial charge in [0.25, 0.3) is 5.91 Å². The average Bonchev–Trinajstić information content (AvgIpc) is 3.03. The number of hydrogen-bond donors (Lipinski definition) is 0. The molecule has 0 atom stereocenters. The monoisotopic (exact) mass is 361 g/mol. The first kappa shape index (κ1) is 15.7. The van der Waals surface area contributed by atoms with E-state index in [9.17, 15) is 4.79 Å². The van der Waals surface area contributed by atoms with Crippen LogP contribution in [0.3, 0.4) is 0 Å². The number of nitrogens with zero attached hydrogens (tertiary/aromatic N) is 3. The molecule has 0 spiro atoms. The standard InChI is InChI=1S/C21H19N3OS/c1-13-8-10-24(11-9-13)21(25)14-6-7-18-15(12-14)19-20(26-18)23-17-5-3-2-4-16(17)22-19/h2-7,12-13H,8-11H2,1H3. The van der Waals surface area contributed by atoms with Gasteiger partial charge in [-0.1, -0.05) is 19.1 Å². The van der Waals surface area contributed by atoms with Crippen LogP contribution < -0.4 is 0 Å². The minimum absolute atomic E-state index is 0.131. The van der Waals surface area contributed by atoms with E-state index in [0.29, 0.717) is 5.92 Å². The van der Waals surface area contributed by atoms with Gasteiger partial charge in [0.1, 0.15) is 10.3 Å². The smallest absolute Gasteiger partial charge is 0.253 e. The van der Waals surface area contributed by atoms with Crippen molar-refractivity contribution in [2.75, 3.05) is 13.1 Å². The van der Waals surface area contributed by atoms with E-state index in [1.54, 1.807) is 11.3 Å². The molecule has 4 nitrogen and oxygen atoms in total. The quantitative estimate of drug-likeness (QED) is 0.486. The summed E-state index contributed by atoms with van der Waals surface area (Å²) < 4.78 is 1.12. The summed E-state index contributed by atoms with van der Waals surface area (Å²) in [6.45, 7) is 3.97. The van der Waals surface area contributed by atoms with Gasteiger partial charge in [0.05, 0.1) is 11.0 Å². The Bertz CT molecular complexity index is 1140. The van der Waals surface area contributed by atoms with Crippen molar-refractivity contribution in [1.29, 1.82) is 0 Å². The van der Waals surface area contributed by atoms with E-state index in [4.69, 9.17) is 9.97 Å². The molecule has 2 aromatic heterocycles. The van der Waals surface area contributed by atoms with E-state index in [-0.39, 0.29) is 5.91 Å². The first-order valence-corrected chi connectivity index (χ1v) is 9.89. The van der Waals surface area contributed by atoms with Crippen molar-refractivity contribution in [3.8, 4) is 0 Å². The lowest BCUT2D eigenvalue weighted by Crippen LogP contribution is -2.37. The van der Waals surface area contributed by atoms with Gasteiger partial charge in [-0.15, -0.1) is 11.3 Å². The number of fused-ring (bicyclic) bond motifs is 4. The van der Waals surface area contributed by atoms with Gasteiger partial charge in [-0.2, -0.15) is 0 Å². The van der Waals surface area contributed by atoms with Gasteiger partial charge in [-0.3, -0.25) is 4.79 Å². The molecule has 26 heavy (non-hydrogen) atoms. The SMILES string of the molecule is CC1CCN(C(=O)c2ccc3sc4nc5ccccc5nc4c3c2)CC1. The third kappa shape index (κ3) is 2.54. The van der Waals surface area contributed by atoms with E-state index in [0.717, 1.165) is 63.0 Å². The van der Waals surface area contributed by atoms with Gasteiger partial charge in [0.2, 0.25) is 0 Å². The molecule has 0 bridgehead atoms. The normalized spacial score (nSPS) is 16.0. The number of carbonyl (C=O) groups is 1.